The number of nitrogens with one attached hydrogen (secondary N) is 2. The van der Waals surface area contributed by atoms with E-state index in [4.69, 9.17) is 4.74 Å². The molecule has 0 saturated carbocycles. The summed E-state index contributed by atoms with van der Waals surface area (Å²) in [6.07, 6.45) is 4.06. The molecule has 0 radical (unpaired) electrons. The lowest BCUT2D eigenvalue weighted by Crippen LogP contribution is -2.27. The molecule has 2 heterocycles. The Morgan fingerprint density at radius 2 is 2.08 bits per heavy atom. The van der Waals surface area contributed by atoms with Crippen molar-refractivity contribution in [2.75, 3.05) is 13.2 Å². The maximum Gasteiger partial charge on any atom is 0.269 e. The summed E-state index contributed by atoms with van der Waals surface area (Å²) >= 11 is 0. The van der Waals surface area contributed by atoms with E-state index < -0.39 is 0 Å². The molecule has 2 aromatic heterocycles. The van der Waals surface area contributed by atoms with Crippen molar-refractivity contribution in [2.45, 2.75) is 39.7 Å². The topological polar surface area (TPSA) is 97.0 Å². The number of pyridine rings is 1. The van der Waals surface area contributed by atoms with Crippen LogP contribution < -0.4 is 5.32 Å². The summed E-state index contributed by atoms with van der Waals surface area (Å²) in [5.74, 6) is -0.375. The average molecular weight is 344 g/mol. The number of hydrogen-bond donors (Lipinski definition) is 2. The Bertz CT molecular complexity index is 707. The average Bonchev–Trinajstić information content (AvgIpc) is 3.02. The highest BCUT2D eigenvalue weighted by Crippen LogP contribution is 2.10. The van der Waals surface area contributed by atoms with Crippen LogP contribution in [0.1, 0.15) is 52.4 Å². The SMILES string of the molecule is Cc1ccc(C(=O)Cc2cn[nH]c2C(=O)NCCCOC(C)C)cn1. The molecular formula is C18H24N4O3. The van der Waals surface area contributed by atoms with Gasteiger partial charge in [0.05, 0.1) is 12.3 Å². The van der Waals surface area contributed by atoms with Gasteiger partial charge in [0.25, 0.3) is 5.91 Å². The molecule has 2 N–H and O–H groups in total. The number of amides is 1. The monoisotopic (exact) mass is 344 g/mol. The molecule has 25 heavy (non-hydrogen) atoms. The molecule has 0 saturated heterocycles. The molecule has 7 nitrogen and oxygen atoms in total. The third-order valence-corrected chi connectivity index (χ3v) is 3.59. The molecule has 134 valence electrons. The van der Waals surface area contributed by atoms with Gasteiger partial charge in [-0.15, -0.1) is 0 Å². The van der Waals surface area contributed by atoms with Gasteiger partial charge >= 0.3 is 0 Å². The van der Waals surface area contributed by atoms with E-state index in [2.05, 4.69) is 20.5 Å². The molecule has 0 fully saturated rings. The van der Waals surface area contributed by atoms with Gasteiger partial charge in [0.2, 0.25) is 0 Å². The highest BCUT2D eigenvalue weighted by atomic mass is 16.5. The summed E-state index contributed by atoms with van der Waals surface area (Å²) in [6, 6.07) is 3.52. The van der Waals surface area contributed by atoms with Crippen LogP contribution in [0.5, 0.6) is 0 Å². The van der Waals surface area contributed by atoms with Crippen LogP contribution in [0.4, 0.5) is 0 Å². The van der Waals surface area contributed by atoms with Gasteiger partial charge in [0, 0.05) is 42.6 Å². The Balaban J connectivity index is 1.89. The summed E-state index contributed by atoms with van der Waals surface area (Å²) in [6.45, 7) is 6.89. The van der Waals surface area contributed by atoms with Crippen LogP contribution in [0.2, 0.25) is 0 Å². The number of aryl methyl sites for hydroxylation is 1. The number of aromatic nitrogens is 3. The molecule has 0 bridgehead atoms. The van der Waals surface area contributed by atoms with Crippen LogP contribution in [0.15, 0.2) is 24.5 Å². The number of rotatable bonds is 9. The van der Waals surface area contributed by atoms with E-state index in [1.807, 2.05) is 20.8 Å². The largest absolute Gasteiger partial charge is 0.379 e. The molecule has 0 aliphatic heterocycles. The van der Waals surface area contributed by atoms with E-state index in [1.54, 1.807) is 18.3 Å². The summed E-state index contributed by atoms with van der Waals surface area (Å²) < 4.78 is 5.43. The number of ketones is 1. The van der Waals surface area contributed by atoms with Crippen LogP contribution in [-0.2, 0) is 11.2 Å². The first kappa shape index (κ1) is 18.8. The van der Waals surface area contributed by atoms with Crippen molar-refractivity contribution in [2.24, 2.45) is 0 Å². The quantitative estimate of drug-likeness (QED) is 0.536. The van der Waals surface area contributed by atoms with Gasteiger partial charge in [-0.2, -0.15) is 5.10 Å². The zero-order valence-electron chi connectivity index (χ0n) is 14.8. The number of H-pyrrole nitrogens is 1. The van der Waals surface area contributed by atoms with Gasteiger partial charge < -0.3 is 10.1 Å². The van der Waals surface area contributed by atoms with E-state index in [9.17, 15) is 9.59 Å². The predicted octanol–water partition coefficient (Wildman–Crippen LogP) is 2.08. The molecule has 0 spiro atoms. The van der Waals surface area contributed by atoms with Gasteiger partial charge in [-0.05, 0) is 39.3 Å². The van der Waals surface area contributed by atoms with E-state index in [0.717, 1.165) is 12.1 Å². The normalized spacial score (nSPS) is 10.9. The second-order valence-corrected chi connectivity index (χ2v) is 6.09. The van der Waals surface area contributed by atoms with Crippen molar-refractivity contribution >= 4 is 11.7 Å². The summed E-state index contributed by atoms with van der Waals surface area (Å²) in [5.41, 5.74) is 2.25. The van der Waals surface area contributed by atoms with Crippen molar-refractivity contribution in [3.63, 3.8) is 0 Å². The first-order valence-electron chi connectivity index (χ1n) is 8.35. The molecule has 0 aliphatic rings. The Hall–Kier alpha value is -2.54. The minimum Gasteiger partial charge on any atom is -0.379 e. The van der Waals surface area contributed by atoms with Crippen molar-refractivity contribution in [3.8, 4) is 0 Å². The maximum absolute atomic E-state index is 12.3. The van der Waals surface area contributed by atoms with Crippen LogP contribution in [0.25, 0.3) is 0 Å². The predicted molar refractivity (Wildman–Crippen MR) is 93.6 cm³/mol. The van der Waals surface area contributed by atoms with Crippen molar-refractivity contribution in [1.29, 1.82) is 0 Å². The highest BCUT2D eigenvalue weighted by molar-refractivity contribution is 6.00. The number of hydrogen-bond acceptors (Lipinski definition) is 5. The third kappa shape index (κ3) is 5.79. The first-order valence-corrected chi connectivity index (χ1v) is 8.35. The Morgan fingerprint density at radius 1 is 1.28 bits per heavy atom. The molecule has 7 heteroatoms. The summed E-state index contributed by atoms with van der Waals surface area (Å²) in [5, 5.41) is 9.37. The van der Waals surface area contributed by atoms with Gasteiger partial charge in [0.1, 0.15) is 5.69 Å². The fraction of sp³-hybridized carbons (Fsp3) is 0.444. The lowest BCUT2D eigenvalue weighted by atomic mass is 10.0. The zero-order chi connectivity index (χ0) is 18.2. The van der Waals surface area contributed by atoms with E-state index in [1.165, 1.54) is 6.20 Å². The molecule has 2 aromatic rings. The number of carbonyl (C=O) groups excluding carboxylic acids is 2. The van der Waals surface area contributed by atoms with Gasteiger partial charge in [-0.25, -0.2) is 0 Å². The van der Waals surface area contributed by atoms with Crippen LogP contribution in [0, 0.1) is 6.92 Å². The second-order valence-electron chi connectivity index (χ2n) is 6.09. The Labute approximate surface area is 147 Å². The van der Waals surface area contributed by atoms with E-state index in [0.29, 0.717) is 30.0 Å². The molecule has 0 atom stereocenters. The maximum atomic E-state index is 12.3. The number of carbonyl (C=O) groups is 2. The van der Waals surface area contributed by atoms with Crippen LogP contribution >= 0.6 is 0 Å². The molecule has 2 rings (SSSR count). The Morgan fingerprint density at radius 3 is 2.76 bits per heavy atom. The number of nitrogens with zero attached hydrogens (tertiary/aromatic N) is 2. The Kier molecular flexibility index (Phi) is 6.82. The molecule has 0 aliphatic carbocycles. The van der Waals surface area contributed by atoms with Crippen molar-refractivity contribution in [3.05, 3.63) is 47.0 Å². The van der Waals surface area contributed by atoms with E-state index in [-0.39, 0.29) is 24.2 Å². The van der Waals surface area contributed by atoms with Crippen LogP contribution in [-0.4, -0.2) is 46.1 Å². The van der Waals surface area contributed by atoms with E-state index >= 15 is 0 Å². The lowest BCUT2D eigenvalue weighted by molar-refractivity contribution is 0.0756. The summed E-state index contributed by atoms with van der Waals surface area (Å²) in [7, 11) is 0. The van der Waals surface area contributed by atoms with Crippen LogP contribution in [0.3, 0.4) is 0 Å². The standard InChI is InChI=1S/C18H24N4O3/c1-12(2)25-8-4-7-19-18(24)17-15(11-21-22-17)9-16(23)14-6-5-13(3)20-10-14/h5-6,10-12H,4,7-9H2,1-3H3,(H,19,24)(H,21,22). The van der Waals surface area contributed by atoms with Crippen molar-refractivity contribution in [1.82, 2.24) is 20.5 Å². The zero-order valence-corrected chi connectivity index (χ0v) is 14.8. The number of Topliss-reactive ketones (excluding diaryl/α,β-unsaturated/α-hetero) is 1. The third-order valence-electron chi connectivity index (χ3n) is 3.59. The van der Waals surface area contributed by atoms with Gasteiger partial charge in [0.15, 0.2) is 5.78 Å². The fourth-order valence-corrected chi connectivity index (χ4v) is 2.23. The van der Waals surface area contributed by atoms with Crippen molar-refractivity contribution < 1.29 is 14.3 Å². The molecule has 1 amide bonds. The number of aromatic amines is 1. The molecular weight excluding hydrogens is 320 g/mol. The highest BCUT2D eigenvalue weighted by Gasteiger charge is 2.17. The number of ether oxygens (including phenoxy) is 1. The van der Waals surface area contributed by atoms with Gasteiger partial charge in [-0.3, -0.25) is 19.7 Å². The molecule has 0 unspecified atom stereocenters. The second kappa shape index (κ2) is 9.08. The van der Waals surface area contributed by atoms with Gasteiger partial charge in [-0.1, -0.05) is 0 Å². The molecule has 0 aromatic carbocycles. The smallest absolute Gasteiger partial charge is 0.269 e. The fourth-order valence-electron chi connectivity index (χ4n) is 2.23. The summed E-state index contributed by atoms with van der Waals surface area (Å²) in [4.78, 5) is 28.7. The lowest BCUT2D eigenvalue weighted by Gasteiger charge is -2.08. The minimum absolute atomic E-state index is 0.0977. The first-order chi connectivity index (χ1) is 12.0. The minimum atomic E-state index is -0.271.